The summed E-state index contributed by atoms with van der Waals surface area (Å²) < 4.78 is 39.1. The number of amides is 1. The highest BCUT2D eigenvalue weighted by atomic mass is 19.4. The van der Waals surface area contributed by atoms with Crippen molar-refractivity contribution in [2.45, 2.75) is 46.7 Å². The Morgan fingerprint density at radius 2 is 1.62 bits per heavy atom. The Labute approximate surface area is 198 Å². The van der Waals surface area contributed by atoms with Crippen molar-refractivity contribution >= 4 is 17.4 Å². The van der Waals surface area contributed by atoms with Crippen LogP contribution >= 0.6 is 0 Å². The second-order valence-electron chi connectivity index (χ2n) is 9.16. The number of nitrogens with zero attached hydrogens (tertiary/aromatic N) is 1. The van der Waals surface area contributed by atoms with Crippen LogP contribution in [0.4, 0.5) is 18.9 Å². The van der Waals surface area contributed by atoms with Crippen LogP contribution in [0, 0.1) is 5.41 Å². The van der Waals surface area contributed by atoms with Crippen molar-refractivity contribution in [1.82, 2.24) is 4.90 Å². The fraction of sp³-hybridized carbons (Fsp3) is 0.407. The molecule has 2 aromatic rings. The van der Waals surface area contributed by atoms with Crippen LogP contribution in [0.15, 0.2) is 59.7 Å². The van der Waals surface area contributed by atoms with E-state index in [-0.39, 0.29) is 11.7 Å². The minimum Gasteiger partial charge on any atom is -0.322 e. The van der Waals surface area contributed by atoms with Crippen molar-refractivity contribution in [1.29, 1.82) is 0 Å². The minimum atomic E-state index is -4.41. The third-order valence-corrected chi connectivity index (χ3v) is 6.81. The van der Waals surface area contributed by atoms with Crippen molar-refractivity contribution in [2.24, 2.45) is 5.41 Å². The molecule has 0 aliphatic carbocycles. The van der Waals surface area contributed by atoms with Crippen LogP contribution in [0.3, 0.4) is 0 Å². The van der Waals surface area contributed by atoms with Crippen molar-refractivity contribution in [3.63, 3.8) is 0 Å². The van der Waals surface area contributed by atoms with Gasteiger partial charge in [-0.25, -0.2) is 0 Å². The molecule has 0 unspecified atom stereocenters. The van der Waals surface area contributed by atoms with Crippen LogP contribution < -0.4 is 5.32 Å². The number of hydrogen-bond donors (Lipinski definition) is 1. The number of allylic oxidation sites excluding steroid dienone is 1. The van der Waals surface area contributed by atoms with Crippen molar-refractivity contribution < 1.29 is 22.8 Å². The zero-order valence-corrected chi connectivity index (χ0v) is 20.1. The normalized spacial score (nSPS) is 17.1. The number of anilines is 1. The van der Waals surface area contributed by atoms with Gasteiger partial charge in [-0.1, -0.05) is 38.1 Å². The van der Waals surface area contributed by atoms with E-state index in [1.54, 1.807) is 37.3 Å². The fourth-order valence-electron chi connectivity index (χ4n) is 4.50. The van der Waals surface area contributed by atoms with Crippen molar-refractivity contribution in [3.05, 3.63) is 65.2 Å². The monoisotopic (exact) mass is 472 g/mol. The first-order chi connectivity index (χ1) is 15.9. The Bertz CT molecular complexity index is 1080. The molecule has 34 heavy (non-hydrogen) atoms. The SMILES string of the molecule is CCN1CCC(C)(/C(C(=O)Nc2ccc(-c3cccc(C(F)(F)F)c3)cc2)=C(/C)C(C)=O)CC1. The van der Waals surface area contributed by atoms with Gasteiger partial charge in [0.2, 0.25) is 0 Å². The zero-order chi connectivity index (χ0) is 25.1. The largest absolute Gasteiger partial charge is 0.416 e. The van der Waals surface area contributed by atoms with Crippen LogP contribution in [-0.4, -0.2) is 36.2 Å². The number of Topliss-reactive ketones (excluding diaryl/α,β-unsaturated/α-hetero) is 1. The van der Waals surface area contributed by atoms with Gasteiger partial charge in [0.25, 0.3) is 5.91 Å². The Morgan fingerprint density at radius 1 is 1.00 bits per heavy atom. The van der Waals surface area contributed by atoms with Gasteiger partial charge in [-0.3, -0.25) is 9.59 Å². The minimum absolute atomic E-state index is 0.135. The van der Waals surface area contributed by atoms with E-state index in [9.17, 15) is 22.8 Å². The summed E-state index contributed by atoms with van der Waals surface area (Å²) in [6.45, 7) is 9.99. The number of ketones is 1. The summed E-state index contributed by atoms with van der Waals surface area (Å²) in [7, 11) is 0. The predicted molar refractivity (Wildman–Crippen MR) is 128 cm³/mol. The van der Waals surface area contributed by atoms with E-state index in [4.69, 9.17) is 0 Å². The maximum Gasteiger partial charge on any atom is 0.416 e. The molecule has 1 aliphatic rings. The number of carbonyl (C=O) groups is 2. The van der Waals surface area contributed by atoms with Gasteiger partial charge in [-0.15, -0.1) is 0 Å². The maximum absolute atomic E-state index is 13.4. The number of halogens is 3. The molecule has 7 heteroatoms. The second kappa shape index (κ2) is 10.1. The van der Waals surface area contributed by atoms with E-state index in [0.29, 0.717) is 28.0 Å². The van der Waals surface area contributed by atoms with Crippen LogP contribution in [-0.2, 0) is 15.8 Å². The van der Waals surface area contributed by atoms with Gasteiger partial charge in [0.15, 0.2) is 5.78 Å². The number of hydrogen-bond acceptors (Lipinski definition) is 3. The van der Waals surface area contributed by atoms with Gasteiger partial charge in [0.05, 0.1) is 5.56 Å². The average molecular weight is 473 g/mol. The lowest BCUT2D eigenvalue weighted by Gasteiger charge is -2.40. The number of carbonyl (C=O) groups excluding carboxylic acids is 2. The molecule has 1 saturated heterocycles. The summed E-state index contributed by atoms with van der Waals surface area (Å²) in [6.07, 6.45) is -2.85. The molecule has 3 rings (SSSR count). The molecule has 0 bridgehead atoms. The first kappa shape index (κ1) is 25.7. The number of alkyl halides is 3. The standard InChI is InChI=1S/C27H31F3N2O2/c1-5-32-15-13-26(4,14-16-32)24(18(2)19(3)33)25(34)31-23-11-9-20(10-12-23)21-7-6-8-22(17-21)27(28,29)30/h6-12,17H,5,13-16H2,1-4H3,(H,31,34)/b24-18-. The Hall–Kier alpha value is -2.93. The summed E-state index contributed by atoms with van der Waals surface area (Å²) in [5.41, 5.74) is 1.42. The highest BCUT2D eigenvalue weighted by Gasteiger charge is 2.38. The summed E-state index contributed by atoms with van der Waals surface area (Å²) in [5, 5.41) is 2.90. The Morgan fingerprint density at radius 3 is 2.15 bits per heavy atom. The van der Waals surface area contributed by atoms with E-state index in [1.165, 1.54) is 13.0 Å². The van der Waals surface area contributed by atoms with Crippen LogP contribution in [0.2, 0.25) is 0 Å². The summed E-state index contributed by atoms with van der Waals surface area (Å²) in [4.78, 5) is 27.9. The van der Waals surface area contributed by atoms with Crippen LogP contribution in [0.25, 0.3) is 11.1 Å². The number of rotatable bonds is 6. The van der Waals surface area contributed by atoms with Crippen molar-refractivity contribution in [3.8, 4) is 11.1 Å². The molecule has 1 aliphatic heterocycles. The van der Waals surface area contributed by atoms with E-state index < -0.39 is 17.2 Å². The smallest absolute Gasteiger partial charge is 0.322 e. The molecule has 0 aromatic heterocycles. The molecule has 1 heterocycles. The molecule has 2 aromatic carbocycles. The molecular weight excluding hydrogens is 441 g/mol. The highest BCUT2D eigenvalue weighted by molar-refractivity contribution is 6.10. The molecule has 4 nitrogen and oxygen atoms in total. The van der Waals surface area contributed by atoms with E-state index in [0.717, 1.165) is 44.6 Å². The topological polar surface area (TPSA) is 49.4 Å². The third kappa shape index (κ3) is 5.76. The lowest BCUT2D eigenvalue weighted by Crippen LogP contribution is -2.42. The number of benzene rings is 2. The average Bonchev–Trinajstić information content (AvgIpc) is 2.79. The third-order valence-electron chi connectivity index (χ3n) is 6.81. The molecule has 1 amide bonds. The Balaban J connectivity index is 1.83. The maximum atomic E-state index is 13.4. The molecule has 0 atom stereocenters. The fourth-order valence-corrected chi connectivity index (χ4v) is 4.50. The van der Waals surface area contributed by atoms with Crippen molar-refractivity contribution in [2.75, 3.05) is 25.0 Å². The summed E-state index contributed by atoms with van der Waals surface area (Å²) in [6, 6.07) is 11.8. The lowest BCUT2D eigenvalue weighted by atomic mass is 9.71. The molecule has 0 spiro atoms. The summed E-state index contributed by atoms with van der Waals surface area (Å²) >= 11 is 0. The van der Waals surface area contributed by atoms with Crippen LogP contribution in [0.5, 0.6) is 0 Å². The summed E-state index contributed by atoms with van der Waals surface area (Å²) in [5.74, 6) is -0.448. The van der Waals surface area contributed by atoms with Gasteiger partial charge in [-0.2, -0.15) is 13.2 Å². The molecule has 1 N–H and O–H groups in total. The van der Waals surface area contributed by atoms with Gasteiger partial charge in [0.1, 0.15) is 0 Å². The van der Waals surface area contributed by atoms with Gasteiger partial charge < -0.3 is 10.2 Å². The Kier molecular flexibility index (Phi) is 7.66. The van der Waals surface area contributed by atoms with E-state index >= 15 is 0 Å². The molecule has 182 valence electrons. The van der Waals surface area contributed by atoms with Gasteiger partial charge in [-0.05, 0) is 81.7 Å². The lowest BCUT2D eigenvalue weighted by molar-refractivity contribution is -0.137. The predicted octanol–water partition coefficient (Wildman–Crippen LogP) is 6.34. The quantitative estimate of drug-likeness (QED) is 0.499. The van der Waals surface area contributed by atoms with Gasteiger partial charge in [0, 0.05) is 22.2 Å². The number of piperidine rings is 1. The second-order valence-corrected chi connectivity index (χ2v) is 9.16. The molecule has 1 fully saturated rings. The van der Waals surface area contributed by atoms with E-state index in [2.05, 4.69) is 17.1 Å². The number of nitrogens with one attached hydrogen (secondary N) is 1. The highest BCUT2D eigenvalue weighted by Crippen LogP contribution is 2.40. The van der Waals surface area contributed by atoms with E-state index in [1.807, 2.05) is 6.92 Å². The first-order valence-corrected chi connectivity index (χ1v) is 11.5. The zero-order valence-electron chi connectivity index (χ0n) is 20.1. The molecule has 0 saturated carbocycles. The van der Waals surface area contributed by atoms with Gasteiger partial charge >= 0.3 is 6.18 Å². The molecule has 0 radical (unpaired) electrons. The van der Waals surface area contributed by atoms with Crippen LogP contribution in [0.1, 0.15) is 46.1 Å². The number of likely N-dealkylation sites (tertiary alicyclic amines) is 1. The first-order valence-electron chi connectivity index (χ1n) is 11.5. The molecular formula is C27H31F3N2O2.